The number of amides is 1. The molecule has 1 aliphatic rings. The van der Waals surface area contributed by atoms with Gasteiger partial charge in [0.2, 0.25) is 12.1 Å². The molecule has 0 saturated carbocycles. The molecule has 4 unspecified atom stereocenters. The minimum atomic E-state index is -4.14. The predicted molar refractivity (Wildman–Crippen MR) is 163 cm³/mol. The molecular weight excluding hydrogens is 589 g/mol. The summed E-state index contributed by atoms with van der Waals surface area (Å²) in [6.45, 7) is 7.90. The molecule has 5 atom stereocenters. The summed E-state index contributed by atoms with van der Waals surface area (Å²) < 4.78 is 42.9. The number of aliphatic hydroxyl groups is 1. The quantitative estimate of drug-likeness (QED) is 0.0709. The Kier molecular flexibility index (Phi) is 12.9. The third-order valence-electron chi connectivity index (χ3n) is 6.40. The average Bonchev–Trinajstić information content (AvgIpc) is 3.34. The van der Waals surface area contributed by atoms with Gasteiger partial charge in [0.25, 0.3) is 0 Å². The van der Waals surface area contributed by atoms with Gasteiger partial charge in [0.1, 0.15) is 24.5 Å². The summed E-state index contributed by atoms with van der Waals surface area (Å²) in [5, 5.41) is 14.7. The van der Waals surface area contributed by atoms with E-state index in [1.807, 2.05) is 37.3 Å². The largest absolute Gasteiger partial charge is 0.460 e. The molecule has 0 aliphatic carbocycles. The Balaban J connectivity index is 1.69. The fraction of sp³-hybridized carbons (Fsp3) is 0.419. The topological polar surface area (TPSA) is 172 Å². The lowest BCUT2D eigenvalue weighted by Gasteiger charge is -2.24. The first-order valence-electron chi connectivity index (χ1n) is 14.3. The number of ether oxygens (including phenoxy) is 3. The molecule has 0 bridgehead atoms. The molecule has 240 valence electrons. The van der Waals surface area contributed by atoms with Crippen LogP contribution in [0.2, 0.25) is 0 Å². The number of nitrogens with one attached hydrogen (secondary N) is 1. The highest BCUT2D eigenvalue weighted by atomic mass is 31.2. The molecule has 1 saturated heterocycles. The Morgan fingerprint density at radius 1 is 1.20 bits per heavy atom. The number of nitrogens with two attached hydrogens (primary N) is 2. The molecule has 13 heteroatoms. The molecule has 0 radical (unpaired) electrons. The Morgan fingerprint density at radius 2 is 1.89 bits per heavy atom. The number of aryl methyl sites for hydroxylation is 1. The molecule has 1 heterocycles. The maximum absolute atomic E-state index is 14.0. The van der Waals surface area contributed by atoms with E-state index in [9.17, 15) is 19.3 Å². The van der Waals surface area contributed by atoms with Crippen molar-refractivity contribution in [2.45, 2.75) is 77.9 Å². The SMILES string of the molecule is C/C(=C\C=C/[NH2+][C@@H]1OC(COP(=O)(NC(C)C(=O)OCc2ccccc2)Oc2ccc(C)cc2)CC1OC(C)(C)O)C(N)=O. The molecule has 0 aromatic heterocycles. The van der Waals surface area contributed by atoms with Crippen molar-refractivity contribution in [3.63, 3.8) is 0 Å². The third-order valence-corrected chi connectivity index (χ3v) is 8.05. The molecule has 44 heavy (non-hydrogen) atoms. The van der Waals surface area contributed by atoms with E-state index < -0.39 is 49.9 Å². The lowest BCUT2D eigenvalue weighted by molar-refractivity contribution is -0.676. The highest BCUT2D eigenvalue weighted by molar-refractivity contribution is 7.52. The zero-order chi connectivity index (χ0) is 32.3. The van der Waals surface area contributed by atoms with Crippen LogP contribution >= 0.6 is 7.75 Å². The summed E-state index contributed by atoms with van der Waals surface area (Å²) in [6.07, 6.45) is 3.43. The molecule has 12 nitrogen and oxygen atoms in total. The van der Waals surface area contributed by atoms with E-state index in [0.29, 0.717) is 12.0 Å². The lowest BCUT2D eigenvalue weighted by atomic mass is 10.2. The van der Waals surface area contributed by atoms with Crippen molar-refractivity contribution in [2.24, 2.45) is 5.73 Å². The first kappa shape index (κ1) is 35.1. The van der Waals surface area contributed by atoms with Crippen LogP contribution in [0.25, 0.3) is 0 Å². The number of hydrogen-bond acceptors (Lipinski definition) is 9. The third kappa shape index (κ3) is 12.0. The van der Waals surface area contributed by atoms with Crippen molar-refractivity contribution in [1.82, 2.24) is 5.09 Å². The van der Waals surface area contributed by atoms with Crippen LogP contribution in [0.15, 0.2) is 78.5 Å². The van der Waals surface area contributed by atoms with Crippen LogP contribution in [0.4, 0.5) is 0 Å². The van der Waals surface area contributed by atoms with Crippen LogP contribution in [-0.2, 0) is 39.5 Å². The number of primary amides is 1. The Hall–Kier alpha value is -3.35. The van der Waals surface area contributed by atoms with Crippen LogP contribution < -0.4 is 20.7 Å². The molecule has 2 aromatic rings. The smallest absolute Gasteiger partial charge is 0.459 e. The van der Waals surface area contributed by atoms with Crippen LogP contribution in [0.5, 0.6) is 5.75 Å². The second kappa shape index (κ2) is 16.1. The molecule has 1 fully saturated rings. The summed E-state index contributed by atoms with van der Waals surface area (Å²) in [7, 11) is -4.14. The zero-order valence-electron chi connectivity index (χ0n) is 25.7. The van der Waals surface area contributed by atoms with Gasteiger partial charge in [-0.3, -0.25) is 19.4 Å². The first-order chi connectivity index (χ1) is 20.7. The fourth-order valence-corrected chi connectivity index (χ4v) is 5.65. The van der Waals surface area contributed by atoms with Gasteiger partial charge in [0.15, 0.2) is 5.79 Å². The van der Waals surface area contributed by atoms with Crippen molar-refractivity contribution in [3.8, 4) is 5.75 Å². The molecule has 3 rings (SSSR count). The Morgan fingerprint density at radius 3 is 2.52 bits per heavy atom. The van der Waals surface area contributed by atoms with Gasteiger partial charge in [-0.25, -0.2) is 4.57 Å². The Bertz CT molecular complexity index is 1340. The Labute approximate surface area is 258 Å². The summed E-state index contributed by atoms with van der Waals surface area (Å²) >= 11 is 0. The van der Waals surface area contributed by atoms with E-state index in [4.69, 9.17) is 29.0 Å². The van der Waals surface area contributed by atoms with Gasteiger partial charge in [-0.05, 0) is 64.5 Å². The molecule has 1 amide bonds. The van der Waals surface area contributed by atoms with Gasteiger partial charge >= 0.3 is 13.7 Å². The monoisotopic (exact) mass is 632 g/mol. The number of carbonyl (C=O) groups excluding carboxylic acids is 2. The fourth-order valence-electron chi connectivity index (χ4n) is 4.13. The number of quaternary nitrogens is 1. The number of hydrogen-bond donors (Lipinski definition) is 4. The average molecular weight is 633 g/mol. The lowest BCUT2D eigenvalue weighted by Crippen LogP contribution is -2.87. The molecule has 2 aromatic carbocycles. The summed E-state index contributed by atoms with van der Waals surface area (Å²) in [5.74, 6) is -2.33. The summed E-state index contributed by atoms with van der Waals surface area (Å²) in [4.78, 5) is 24.0. The van der Waals surface area contributed by atoms with E-state index in [0.717, 1.165) is 11.1 Å². The predicted octanol–water partition coefficient (Wildman–Crippen LogP) is 2.96. The summed E-state index contributed by atoms with van der Waals surface area (Å²) in [6, 6.07) is 15.1. The maximum atomic E-state index is 14.0. The number of esters is 1. The highest BCUT2D eigenvalue weighted by Gasteiger charge is 2.43. The molecule has 1 aliphatic heterocycles. The van der Waals surface area contributed by atoms with E-state index in [2.05, 4.69) is 5.09 Å². The van der Waals surface area contributed by atoms with Gasteiger partial charge < -0.3 is 29.6 Å². The van der Waals surface area contributed by atoms with Crippen molar-refractivity contribution in [1.29, 1.82) is 0 Å². The minimum Gasteiger partial charge on any atom is -0.460 e. The van der Waals surface area contributed by atoms with Crippen LogP contribution in [-0.4, -0.2) is 53.9 Å². The van der Waals surface area contributed by atoms with Gasteiger partial charge in [-0.2, -0.15) is 5.09 Å². The van der Waals surface area contributed by atoms with Crippen LogP contribution in [0.3, 0.4) is 0 Å². The van der Waals surface area contributed by atoms with E-state index in [1.165, 1.54) is 20.8 Å². The standard InChI is InChI=1S/C31H42N3O9P/c1-21-13-15-25(16-14-21)43-44(38,34-23(3)30(36)39-19-24-11-7-6-8-12-24)40-20-26-18-27(42-31(4,5)37)29(41-26)33-17-9-10-22(2)28(32)35/h6-17,23,26-27,29,33,37H,18-20H2,1-5H3,(H2,32,35)(H,34,38)/p+1/b17-9-,22-10+/t23?,26?,27?,29-,44?/m1/s1. The van der Waals surface area contributed by atoms with Crippen molar-refractivity contribution < 1.29 is 47.8 Å². The van der Waals surface area contributed by atoms with Crippen LogP contribution in [0, 0.1) is 6.92 Å². The van der Waals surface area contributed by atoms with Crippen LogP contribution in [0.1, 0.15) is 45.2 Å². The number of allylic oxidation sites excluding steroid dienone is 2. The summed E-state index contributed by atoms with van der Waals surface area (Å²) in [5.41, 5.74) is 7.43. The molecular formula is C31H43N3O9P+. The molecule has 6 N–H and O–H groups in total. The maximum Gasteiger partial charge on any atom is 0.459 e. The van der Waals surface area contributed by atoms with Crippen molar-refractivity contribution >= 4 is 19.6 Å². The highest BCUT2D eigenvalue weighted by Crippen LogP contribution is 2.45. The number of rotatable bonds is 16. The van der Waals surface area contributed by atoms with E-state index in [-0.39, 0.29) is 19.0 Å². The minimum absolute atomic E-state index is 0.0540. The van der Waals surface area contributed by atoms with Gasteiger partial charge in [0, 0.05) is 12.0 Å². The van der Waals surface area contributed by atoms with Gasteiger partial charge in [-0.15, -0.1) is 0 Å². The normalized spacial score (nSPS) is 21.1. The zero-order valence-corrected chi connectivity index (χ0v) is 26.6. The van der Waals surface area contributed by atoms with E-state index >= 15 is 0 Å². The van der Waals surface area contributed by atoms with Crippen molar-refractivity contribution in [3.05, 3.63) is 89.6 Å². The second-order valence-electron chi connectivity index (χ2n) is 11.0. The number of carbonyl (C=O) groups is 2. The van der Waals surface area contributed by atoms with Gasteiger partial charge in [-0.1, -0.05) is 48.0 Å². The second-order valence-corrected chi connectivity index (χ2v) is 12.7. The first-order valence-corrected chi connectivity index (χ1v) is 15.8. The van der Waals surface area contributed by atoms with Crippen molar-refractivity contribution in [2.75, 3.05) is 6.61 Å². The number of benzene rings is 2. The molecule has 0 spiro atoms. The van der Waals surface area contributed by atoms with Gasteiger partial charge in [0.05, 0.1) is 18.9 Å². The van der Waals surface area contributed by atoms with E-state index in [1.54, 1.807) is 54.9 Å².